The summed E-state index contributed by atoms with van der Waals surface area (Å²) in [5, 5.41) is 13.2. The highest BCUT2D eigenvalue weighted by Gasteiger charge is 2.13. The molecule has 2 aromatic heterocycles. The van der Waals surface area contributed by atoms with E-state index >= 15 is 0 Å². The molecule has 1 aliphatic heterocycles. The standard InChI is InChI=1S/C16H23N5/c1-2-11-21-15(9-10-17-21)14-7-8-16(19-18-14)20-12-5-3-4-6-13-20/h7-10H,2-6,11-13H2,1H3. The van der Waals surface area contributed by atoms with Crippen LogP contribution in [0.1, 0.15) is 39.0 Å². The lowest BCUT2D eigenvalue weighted by atomic mass is 10.2. The van der Waals surface area contributed by atoms with Crippen LogP contribution in [0.25, 0.3) is 11.4 Å². The Balaban J connectivity index is 1.78. The Morgan fingerprint density at radius 3 is 2.48 bits per heavy atom. The van der Waals surface area contributed by atoms with Crippen molar-refractivity contribution in [2.45, 2.75) is 45.6 Å². The SMILES string of the molecule is CCCn1nccc1-c1ccc(N2CCCCCC2)nn1. The van der Waals surface area contributed by atoms with E-state index in [0.29, 0.717) is 0 Å². The number of rotatable bonds is 4. The fourth-order valence-electron chi connectivity index (χ4n) is 2.87. The maximum Gasteiger partial charge on any atom is 0.151 e. The van der Waals surface area contributed by atoms with Crippen molar-refractivity contribution in [3.63, 3.8) is 0 Å². The number of hydrogen-bond acceptors (Lipinski definition) is 4. The second-order valence-corrected chi connectivity index (χ2v) is 5.62. The summed E-state index contributed by atoms with van der Waals surface area (Å²) in [6.07, 6.45) is 8.07. The van der Waals surface area contributed by atoms with E-state index in [-0.39, 0.29) is 0 Å². The third kappa shape index (κ3) is 3.23. The molecule has 2 aromatic rings. The van der Waals surface area contributed by atoms with Crippen molar-refractivity contribution in [3.8, 4) is 11.4 Å². The van der Waals surface area contributed by atoms with Crippen molar-refractivity contribution in [2.24, 2.45) is 0 Å². The lowest BCUT2D eigenvalue weighted by molar-refractivity contribution is 0.607. The van der Waals surface area contributed by atoms with E-state index in [1.54, 1.807) is 0 Å². The van der Waals surface area contributed by atoms with Gasteiger partial charge in [0.15, 0.2) is 5.82 Å². The number of anilines is 1. The van der Waals surface area contributed by atoms with Crippen LogP contribution in [0.4, 0.5) is 5.82 Å². The molecular formula is C16H23N5. The molecule has 0 aliphatic carbocycles. The van der Waals surface area contributed by atoms with Crippen LogP contribution < -0.4 is 4.90 Å². The van der Waals surface area contributed by atoms with Gasteiger partial charge >= 0.3 is 0 Å². The Hall–Kier alpha value is -1.91. The highest BCUT2D eigenvalue weighted by Crippen LogP contribution is 2.20. The molecule has 0 unspecified atom stereocenters. The second kappa shape index (κ2) is 6.70. The molecule has 1 saturated heterocycles. The van der Waals surface area contributed by atoms with Crippen molar-refractivity contribution < 1.29 is 0 Å². The van der Waals surface area contributed by atoms with Crippen LogP contribution in [-0.4, -0.2) is 33.1 Å². The molecular weight excluding hydrogens is 262 g/mol. The normalized spacial score (nSPS) is 16.0. The van der Waals surface area contributed by atoms with Gasteiger partial charge in [-0.1, -0.05) is 19.8 Å². The Morgan fingerprint density at radius 2 is 1.81 bits per heavy atom. The molecule has 0 saturated carbocycles. The lowest BCUT2D eigenvalue weighted by Gasteiger charge is -2.20. The van der Waals surface area contributed by atoms with Gasteiger partial charge in [-0.25, -0.2) is 0 Å². The summed E-state index contributed by atoms with van der Waals surface area (Å²) < 4.78 is 2.00. The fourth-order valence-corrected chi connectivity index (χ4v) is 2.87. The van der Waals surface area contributed by atoms with Gasteiger partial charge in [-0.05, 0) is 37.5 Å². The highest BCUT2D eigenvalue weighted by molar-refractivity contribution is 5.55. The fraction of sp³-hybridized carbons (Fsp3) is 0.562. The van der Waals surface area contributed by atoms with Crippen molar-refractivity contribution in [3.05, 3.63) is 24.4 Å². The molecule has 0 radical (unpaired) electrons. The first-order valence-corrected chi connectivity index (χ1v) is 7.99. The summed E-state index contributed by atoms with van der Waals surface area (Å²) >= 11 is 0. The van der Waals surface area contributed by atoms with E-state index in [9.17, 15) is 0 Å². The van der Waals surface area contributed by atoms with Crippen LogP contribution in [0.5, 0.6) is 0 Å². The molecule has 0 spiro atoms. The third-order valence-electron chi connectivity index (χ3n) is 3.99. The Morgan fingerprint density at radius 1 is 1.00 bits per heavy atom. The van der Waals surface area contributed by atoms with Gasteiger partial charge in [-0.2, -0.15) is 5.10 Å². The Kier molecular flexibility index (Phi) is 4.48. The summed E-state index contributed by atoms with van der Waals surface area (Å²) in [6.45, 7) is 5.26. The first kappa shape index (κ1) is 14.0. The van der Waals surface area contributed by atoms with Gasteiger partial charge in [-0.3, -0.25) is 4.68 Å². The molecule has 0 N–H and O–H groups in total. The quantitative estimate of drug-likeness (QED) is 0.866. The van der Waals surface area contributed by atoms with Gasteiger partial charge in [0.1, 0.15) is 5.69 Å². The summed E-state index contributed by atoms with van der Waals surface area (Å²) in [7, 11) is 0. The minimum absolute atomic E-state index is 0.902. The molecule has 0 amide bonds. The minimum atomic E-state index is 0.902. The van der Waals surface area contributed by atoms with Crippen LogP contribution in [0, 0.1) is 0 Å². The van der Waals surface area contributed by atoms with Crippen molar-refractivity contribution >= 4 is 5.82 Å². The zero-order chi connectivity index (χ0) is 14.5. The zero-order valence-corrected chi connectivity index (χ0v) is 12.7. The first-order valence-electron chi connectivity index (χ1n) is 7.99. The topological polar surface area (TPSA) is 46.8 Å². The Bertz CT molecular complexity index is 552. The van der Waals surface area contributed by atoms with E-state index in [4.69, 9.17) is 0 Å². The van der Waals surface area contributed by atoms with Gasteiger partial charge in [0.25, 0.3) is 0 Å². The van der Waals surface area contributed by atoms with Crippen molar-refractivity contribution in [2.75, 3.05) is 18.0 Å². The molecule has 3 rings (SSSR count). The molecule has 1 aliphatic rings. The highest BCUT2D eigenvalue weighted by atomic mass is 15.3. The van der Waals surface area contributed by atoms with Crippen LogP contribution >= 0.6 is 0 Å². The number of nitrogens with zero attached hydrogens (tertiary/aromatic N) is 5. The zero-order valence-electron chi connectivity index (χ0n) is 12.7. The van der Waals surface area contributed by atoms with Crippen LogP contribution in [0.15, 0.2) is 24.4 Å². The largest absolute Gasteiger partial charge is 0.355 e. The first-order chi connectivity index (χ1) is 10.4. The monoisotopic (exact) mass is 285 g/mol. The van der Waals surface area contributed by atoms with Gasteiger partial charge < -0.3 is 4.90 Å². The lowest BCUT2D eigenvalue weighted by Crippen LogP contribution is -2.25. The summed E-state index contributed by atoms with van der Waals surface area (Å²) in [5.74, 6) is 1.00. The van der Waals surface area contributed by atoms with Crippen LogP contribution in [-0.2, 0) is 6.54 Å². The maximum absolute atomic E-state index is 4.44. The smallest absolute Gasteiger partial charge is 0.151 e. The Labute approximate surface area is 126 Å². The van der Waals surface area contributed by atoms with E-state index in [1.807, 2.05) is 16.9 Å². The molecule has 21 heavy (non-hydrogen) atoms. The average Bonchev–Trinajstić information content (AvgIpc) is 2.81. The van der Waals surface area contributed by atoms with E-state index in [2.05, 4.69) is 39.3 Å². The molecule has 0 bridgehead atoms. The second-order valence-electron chi connectivity index (χ2n) is 5.62. The minimum Gasteiger partial charge on any atom is -0.355 e. The van der Waals surface area contributed by atoms with E-state index in [1.165, 1.54) is 25.7 Å². The van der Waals surface area contributed by atoms with Gasteiger partial charge in [0, 0.05) is 25.8 Å². The molecule has 0 aromatic carbocycles. The van der Waals surface area contributed by atoms with Gasteiger partial charge in [0.05, 0.1) is 5.69 Å². The molecule has 5 heteroatoms. The predicted octanol–water partition coefficient (Wildman–Crippen LogP) is 3.13. The predicted molar refractivity (Wildman–Crippen MR) is 84.2 cm³/mol. The average molecular weight is 285 g/mol. The van der Waals surface area contributed by atoms with Crippen LogP contribution in [0.3, 0.4) is 0 Å². The molecule has 1 fully saturated rings. The molecule has 3 heterocycles. The molecule has 5 nitrogen and oxygen atoms in total. The summed E-state index contributed by atoms with van der Waals surface area (Å²) in [5.41, 5.74) is 1.95. The third-order valence-corrected chi connectivity index (χ3v) is 3.99. The summed E-state index contributed by atoms with van der Waals surface area (Å²) in [4.78, 5) is 2.35. The number of aryl methyl sites for hydroxylation is 1. The van der Waals surface area contributed by atoms with E-state index < -0.39 is 0 Å². The van der Waals surface area contributed by atoms with Gasteiger partial charge in [-0.15, -0.1) is 10.2 Å². The van der Waals surface area contributed by atoms with Crippen LogP contribution in [0.2, 0.25) is 0 Å². The number of aromatic nitrogens is 4. The van der Waals surface area contributed by atoms with E-state index in [0.717, 1.165) is 43.3 Å². The number of hydrogen-bond donors (Lipinski definition) is 0. The maximum atomic E-state index is 4.44. The van der Waals surface area contributed by atoms with Gasteiger partial charge in [0.2, 0.25) is 0 Å². The van der Waals surface area contributed by atoms with Crippen molar-refractivity contribution in [1.29, 1.82) is 0 Å². The summed E-state index contributed by atoms with van der Waals surface area (Å²) in [6, 6.07) is 6.17. The molecule has 0 atom stereocenters. The van der Waals surface area contributed by atoms with Crippen molar-refractivity contribution in [1.82, 2.24) is 20.0 Å². The molecule has 112 valence electrons.